The van der Waals surface area contributed by atoms with Crippen LogP contribution in [0.25, 0.3) is 10.9 Å². The number of halogens is 3. The number of carbonyl (C=O) groups excluding carboxylic acids is 1. The summed E-state index contributed by atoms with van der Waals surface area (Å²) in [6, 6.07) is 7.29. The van der Waals surface area contributed by atoms with E-state index in [1.807, 2.05) is 6.92 Å². The Morgan fingerprint density at radius 2 is 2.09 bits per heavy atom. The summed E-state index contributed by atoms with van der Waals surface area (Å²) in [4.78, 5) is 23.3. The van der Waals surface area contributed by atoms with Gasteiger partial charge in [0.05, 0.1) is 36.0 Å². The van der Waals surface area contributed by atoms with Gasteiger partial charge in [0.2, 0.25) is 0 Å². The number of alkyl halides is 3. The van der Waals surface area contributed by atoms with Gasteiger partial charge < -0.3 is 20.5 Å². The number of benzene rings is 1. The lowest BCUT2D eigenvalue weighted by atomic mass is 10.00. The summed E-state index contributed by atoms with van der Waals surface area (Å²) in [5, 5.41) is 10.3. The van der Waals surface area contributed by atoms with E-state index in [1.54, 1.807) is 25.1 Å². The van der Waals surface area contributed by atoms with Crippen molar-refractivity contribution in [2.24, 2.45) is 5.92 Å². The number of nitrogens with two attached hydrogens (primary N) is 1. The number of hydrogen-bond acceptors (Lipinski definition) is 6. The third kappa shape index (κ3) is 4.69. The van der Waals surface area contributed by atoms with Gasteiger partial charge in [0.15, 0.2) is 0 Å². The molecule has 34 heavy (non-hydrogen) atoms. The first-order valence-corrected chi connectivity index (χ1v) is 10.8. The highest BCUT2D eigenvalue weighted by molar-refractivity contribution is 5.99. The van der Waals surface area contributed by atoms with Gasteiger partial charge in [-0.05, 0) is 48.7 Å². The van der Waals surface area contributed by atoms with Crippen molar-refractivity contribution in [3.8, 4) is 0 Å². The van der Waals surface area contributed by atoms with Crippen LogP contribution >= 0.6 is 0 Å². The normalized spacial score (nSPS) is 16.5. The maximum Gasteiger partial charge on any atom is 0.417 e. The molecule has 0 radical (unpaired) electrons. The molecule has 2 aromatic heterocycles. The first-order chi connectivity index (χ1) is 16.1. The van der Waals surface area contributed by atoms with Gasteiger partial charge in [-0.15, -0.1) is 0 Å². The molecule has 3 heterocycles. The van der Waals surface area contributed by atoms with Crippen molar-refractivity contribution in [2.75, 3.05) is 18.9 Å². The number of nitrogen functional groups attached to an aromatic ring is 1. The Labute approximate surface area is 194 Å². The van der Waals surface area contributed by atoms with E-state index >= 15 is 0 Å². The fourth-order valence-electron chi connectivity index (χ4n) is 4.12. The van der Waals surface area contributed by atoms with Gasteiger partial charge in [-0.2, -0.15) is 13.2 Å². The van der Waals surface area contributed by atoms with Crippen molar-refractivity contribution in [3.63, 3.8) is 0 Å². The van der Waals surface area contributed by atoms with Crippen LogP contribution in [0, 0.1) is 5.92 Å². The molecule has 0 unspecified atom stereocenters. The second-order valence-electron chi connectivity index (χ2n) is 8.58. The van der Waals surface area contributed by atoms with Gasteiger partial charge in [-0.25, -0.2) is 4.98 Å². The molecule has 10 heteroatoms. The van der Waals surface area contributed by atoms with Gasteiger partial charge in [0.1, 0.15) is 5.82 Å². The van der Waals surface area contributed by atoms with E-state index in [4.69, 9.17) is 10.5 Å². The standard InChI is InChI=1S/C24H25F3N4O3/c1-13(11-32)9-31(10-17-5-4-16(8-29-17)24(25,26)27)23(33)15-3-6-20-18(7-15)19-12-34-14(2)21(19)22(28)30-20/h3-8,13-14,32H,9-12H2,1-2H3,(H2,28,30)/t13-,14+/m0/s1. The number of fused-ring (bicyclic) bond motifs is 3. The van der Waals surface area contributed by atoms with E-state index in [1.165, 1.54) is 11.0 Å². The van der Waals surface area contributed by atoms with Crippen LogP contribution in [-0.4, -0.2) is 39.0 Å². The van der Waals surface area contributed by atoms with Crippen molar-refractivity contribution in [2.45, 2.75) is 39.3 Å². The largest absolute Gasteiger partial charge is 0.417 e. The van der Waals surface area contributed by atoms with Gasteiger partial charge in [-0.1, -0.05) is 6.92 Å². The summed E-state index contributed by atoms with van der Waals surface area (Å²) >= 11 is 0. The number of hydrogen-bond donors (Lipinski definition) is 2. The quantitative estimate of drug-likeness (QED) is 0.558. The van der Waals surface area contributed by atoms with Crippen LogP contribution in [0.5, 0.6) is 0 Å². The number of carbonyl (C=O) groups is 1. The van der Waals surface area contributed by atoms with Crippen LogP contribution < -0.4 is 5.73 Å². The smallest absolute Gasteiger partial charge is 0.396 e. The summed E-state index contributed by atoms with van der Waals surface area (Å²) in [6.45, 7) is 4.08. The minimum Gasteiger partial charge on any atom is -0.396 e. The molecule has 3 aromatic rings. The maximum absolute atomic E-state index is 13.5. The number of aliphatic hydroxyl groups is 1. The summed E-state index contributed by atoms with van der Waals surface area (Å²) < 4.78 is 44.3. The Balaban J connectivity index is 1.67. The summed E-state index contributed by atoms with van der Waals surface area (Å²) in [5.74, 6) is -0.168. The number of nitrogens with zero attached hydrogens (tertiary/aromatic N) is 3. The van der Waals surface area contributed by atoms with E-state index < -0.39 is 11.7 Å². The molecule has 1 aromatic carbocycles. The summed E-state index contributed by atoms with van der Waals surface area (Å²) in [6.07, 6.45) is -3.93. The van der Waals surface area contributed by atoms with Crippen molar-refractivity contribution >= 4 is 22.6 Å². The number of anilines is 1. The Bertz CT molecular complexity index is 1210. The second-order valence-corrected chi connectivity index (χ2v) is 8.58. The molecule has 2 atom stereocenters. The Kier molecular flexibility index (Phi) is 6.46. The zero-order chi connectivity index (χ0) is 24.6. The second kappa shape index (κ2) is 9.19. The molecule has 1 amide bonds. The highest BCUT2D eigenvalue weighted by Gasteiger charge is 2.31. The predicted octanol–water partition coefficient (Wildman–Crippen LogP) is 4.09. The zero-order valence-corrected chi connectivity index (χ0v) is 18.8. The molecular formula is C24H25F3N4O3. The molecule has 0 aliphatic carbocycles. The maximum atomic E-state index is 13.5. The van der Waals surface area contributed by atoms with Crippen LogP contribution in [-0.2, 0) is 24.1 Å². The fourth-order valence-corrected chi connectivity index (χ4v) is 4.12. The lowest BCUT2D eigenvalue weighted by molar-refractivity contribution is -0.137. The topological polar surface area (TPSA) is 102 Å². The first-order valence-electron chi connectivity index (χ1n) is 10.8. The van der Waals surface area contributed by atoms with E-state index in [-0.39, 0.29) is 37.6 Å². The molecule has 0 saturated carbocycles. The molecular weight excluding hydrogens is 449 g/mol. The monoisotopic (exact) mass is 474 g/mol. The zero-order valence-electron chi connectivity index (χ0n) is 18.8. The number of aromatic nitrogens is 2. The van der Waals surface area contributed by atoms with Crippen LogP contribution in [0.1, 0.15) is 52.7 Å². The highest BCUT2D eigenvalue weighted by atomic mass is 19.4. The van der Waals surface area contributed by atoms with Crippen molar-refractivity contribution in [1.82, 2.24) is 14.9 Å². The average molecular weight is 474 g/mol. The summed E-state index contributed by atoms with van der Waals surface area (Å²) in [5.41, 5.74) is 8.29. The third-order valence-corrected chi connectivity index (χ3v) is 5.93. The third-order valence-electron chi connectivity index (χ3n) is 5.93. The molecule has 1 aliphatic rings. The van der Waals surface area contributed by atoms with E-state index in [9.17, 15) is 23.1 Å². The lowest BCUT2D eigenvalue weighted by Crippen LogP contribution is -2.35. The van der Waals surface area contributed by atoms with Gasteiger partial charge >= 0.3 is 6.18 Å². The Hall–Kier alpha value is -3.24. The molecule has 0 fully saturated rings. The van der Waals surface area contributed by atoms with Crippen LogP contribution in [0.4, 0.5) is 19.0 Å². The fraction of sp³-hybridized carbons (Fsp3) is 0.375. The Morgan fingerprint density at radius 1 is 1.32 bits per heavy atom. The van der Waals surface area contributed by atoms with Crippen molar-refractivity contribution < 1.29 is 27.8 Å². The number of aliphatic hydroxyl groups excluding tert-OH is 1. The first kappa shape index (κ1) is 23.9. The lowest BCUT2D eigenvalue weighted by Gasteiger charge is -2.25. The minimum absolute atomic E-state index is 0.00239. The van der Waals surface area contributed by atoms with E-state index in [0.29, 0.717) is 29.2 Å². The SMILES string of the molecule is C[C@H](CO)CN(Cc1ccc(C(F)(F)F)cn1)C(=O)c1ccc2nc(N)c3c(c2c1)CO[C@@H]3C. The molecule has 3 N–H and O–H groups in total. The van der Waals surface area contributed by atoms with Gasteiger partial charge in [-0.3, -0.25) is 9.78 Å². The minimum atomic E-state index is -4.49. The highest BCUT2D eigenvalue weighted by Crippen LogP contribution is 2.38. The molecule has 180 valence electrons. The van der Waals surface area contributed by atoms with Crippen molar-refractivity contribution in [1.29, 1.82) is 0 Å². The average Bonchev–Trinajstić information content (AvgIpc) is 3.20. The van der Waals surface area contributed by atoms with Crippen LogP contribution in [0.2, 0.25) is 0 Å². The van der Waals surface area contributed by atoms with Crippen LogP contribution in [0.3, 0.4) is 0 Å². The van der Waals surface area contributed by atoms with Gasteiger partial charge in [0, 0.05) is 35.9 Å². The molecule has 1 aliphatic heterocycles. The number of pyridine rings is 2. The Morgan fingerprint density at radius 3 is 2.74 bits per heavy atom. The van der Waals surface area contributed by atoms with Gasteiger partial charge in [0.25, 0.3) is 5.91 Å². The predicted molar refractivity (Wildman–Crippen MR) is 120 cm³/mol. The summed E-state index contributed by atoms with van der Waals surface area (Å²) in [7, 11) is 0. The molecule has 7 nitrogen and oxygen atoms in total. The van der Waals surface area contributed by atoms with E-state index in [0.717, 1.165) is 28.8 Å². The van der Waals surface area contributed by atoms with Crippen LogP contribution in [0.15, 0.2) is 36.5 Å². The molecule has 4 rings (SSSR count). The van der Waals surface area contributed by atoms with Crippen molar-refractivity contribution in [3.05, 3.63) is 64.5 Å². The number of rotatable bonds is 6. The van der Waals surface area contributed by atoms with E-state index in [2.05, 4.69) is 9.97 Å². The number of ether oxygens (including phenoxy) is 1. The molecule has 0 bridgehead atoms. The molecule has 0 saturated heterocycles. The number of amides is 1. The molecule has 0 spiro atoms.